The van der Waals surface area contributed by atoms with E-state index < -0.39 is 5.97 Å². The highest BCUT2D eigenvalue weighted by atomic mass is 32.1. The molecule has 1 aromatic carbocycles. The number of thiophene rings is 1. The first-order chi connectivity index (χ1) is 16.2. The molecule has 5 heteroatoms. The van der Waals surface area contributed by atoms with Crippen LogP contribution in [-0.4, -0.2) is 18.9 Å². The molecule has 0 aliphatic heterocycles. The molecule has 1 heterocycles. The van der Waals surface area contributed by atoms with Crippen LogP contribution in [-0.2, 0) is 6.42 Å². The molecule has 0 saturated heterocycles. The van der Waals surface area contributed by atoms with Gasteiger partial charge in [-0.1, -0.05) is 43.6 Å². The molecule has 0 fully saturated rings. The van der Waals surface area contributed by atoms with Gasteiger partial charge in [-0.25, -0.2) is 4.79 Å². The lowest BCUT2D eigenvalue weighted by atomic mass is 9.73. The molecule has 0 radical (unpaired) electrons. The number of benzene rings is 1. The summed E-state index contributed by atoms with van der Waals surface area (Å²) in [6, 6.07) is 7.43. The summed E-state index contributed by atoms with van der Waals surface area (Å²) in [5, 5.41) is 0. The van der Waals surface area contributed by atoms with E-state index in [0.717, 1.165) is 61.0 Å². The van der Waals surface area contributed by atoms with Crippen molar-refractivity contribution in [1.29, 1.82) is 0 Å². The van der Waals surface area contributed by atoms with Crippen molar-refractivity contribution in [3.05, 3.63) is 68.9 Å². The molecule has 4 nitrogen and oxygen atoms in total. The van der Waals surface area contributed by atoms with E-state index in [1.807, 2.05) is 6.07 Å². The molecule has 1 aromatic heterocycles. The molecule has 182 valence electrons. The minimum atomic E-state index is -0.449. The fraction of sp³-hybridized carbons (Fsp3) is 0.448. The highest BCUT2D eigenvalue weighted by Crippen LogP contribution is 2.47. The van der Waals surface area contributed by atoms with Gasteiger partial charge in [0.2, 0.25) is 0 Å². The molecule has 0 spiro atoms. The third-order valence-corrected chi connectivity index (χ3v) is 7.69. The van der Waals surface area contributed by atoms with Crippen molar-refractivity contribution >= 4 is 23.1 Å². The van der Waals surface area contributed by atoms with Crippen molar-refractivity contribution in [3.8, 4) is 11.5 Å². The monoisotopic (exact) mass is 480 g/mol. The quantitative estimate of drug-likeness (QED) is 0.114. The molecular formula is C29H36O4S. The number of ketones is 1. The maximum Gasteiger partial charge on any atom is 0.353 e. The van der Waals surface area contributed by atoms with Gasteiger partial charge in [0, 0.05) is 11.5 Å². The number of methoxy groups -OCH3 is 1. The predicted molar refractivity (Wildman–Crippen MR) is 140 cm³/mol. The normalized spacial score (nSPS) is 17.7. The molecular weight excluding hydrogens is 444 g/mol. The van der Waals surface area contributed by atoms with E-state index in [1.54, 1.807) is 19.2 Å². The molecule has 0 saturated carbocycles. The van der Waals surface area contributed by atoms with Crippen LogP contribution in [0, 0.1) is 5.92 Å². The molecule has 3 rings (SSSR count). The SMILES string of the molecule is C=C(C)[C@@H]1CCC(C)=C[C@H]1c1c(OC)cc(CCCCC)cc1OC(=O)c1ccc(C(C)=O)s1. The van der Waals surface area contributed by atoms with E-state index in [9.17, 15) is 9.59 Å². The van der Waals surface area contributed by atoms with E-state index in [4.69, 9.17) is 9.47 Å². The molecule has 1 aliphatic rings. The van der Waals surface area contributed by atoms with Crippen LogP contribution in [0.5, 0.6) is 11.5 Å². The predicted octanol–water partition coefficient (Wildman–Crippen LogP) is 7.93. The summed E-state index contributed by atoms with van der Waals surface area (Å²) in [5.41, 5.74) is 4.42. The van der Waals surface area contributed by atoms with E-state index in [2.05, 4.69) is 39.5 Å². The summed E-state index contributed by atoms with van der Waals surface area (Å²) in [6.45, 7) is 12.1. The number of hydrogen-bond donors (Lipinski definition) is 0. The first-order valence-electron chi connectivity index (χ1n) is 12.1. The number of Topliss-reactive ketones (excluding diaryl/α,β-unsaturated/α-hetero) is 1. The Kier molecular flexibility index (Phi) is 8.90. The zero-order valence-corrected chi connectivity index (χ0v) is 21.8. The lowest BCUT2D eigenvalue weighted by molar-refractivity contribution is 0.0736. The Balaban J connectivity index is 2.08. The standard InChI is InChI=1S/C29H36O4S/c1-7-8-9-10-21-16-24(32-6)28(23-15-19(4)11-12-22(23)18(2)3)25(17-21)33-29(31)27-14-13-26(34-27)20(5)30/h13-17,22-23H,2,7-12H2,1,3-6H3/t22-,23+/m0/s1. The second kappa shape index (κ2) is 11.7. The molecule has 0 unspecified atom stereocenters. The van der Waals surface area contributed by atoms with Crippen molar-refractivity contribution in [2.75, 3.05) is 7.11 Å². The Labute approximate surface area is 207 Å². The largest absolute Gasteiger partial charge is 0.496 e. The second-order valence-corrected chi connectivity index (χ2v) is 10.4. The first kappa shape index (κ1) is 26.0. The third-order valence-electron chi connectivity index (χ3n) is 6.52. The topological polar surface area (TPSA) is 52.6 Å². The van der Waals surface area contributed by atoms with Gasteiger partial charge in [-0.2, -0.15) is 0 Å². The van der Waals surface area contributed by atoms with Crippen LogP contribution < -0.4 is 9.47 Å². The summed E-state index contributed by atoms with van der Waals surface area (Å²) >= 11 is 1.17. The molecule has 2 aromatic rings. The highest BCUT2D eigenvalue weighted by molar-refractivity contribution is 7.15. The van der Waals surface area contributed by atoms with E-state index in [0.29, 0.717) is 15.5 Å². The van der Waals surface area contributed by atoms with Gasteiger partial charge in [-0.3, -0.25) is 4.79 Å². The number of allylic oxidation sites excluding steroid dienone is 3. The highest BCUT2D eigenvalue weighted by Gasteiger charge is 2.32. The average Bonchev–Trinajstić information content (AvgIpc) is 3.29. The van der Waals surface area contributed by atoms with Gasteiger partial charge in [0.25, 0.3) is 0 Å². The van der Waals surface area contributed by atoms with Crippen LogP contribution in [0.2, 0.25) is 0 Å². The van der Waals surface area contributed by atoms with Crippen molar-refractivity contribution in [3.63, 3.8) is 0 Å². The van der Waals surface area contributed by atoms with Gasteiger partial charge in [-0.05, 0) is 82.2 Å². The maximum atomic E-state index is 13.1. The number of ether oxygens (including phenoxy) is 2. The fourth-order valence-corrected chi connectivity index (χ4v) is 5.43. The Bertz CT molecular complexity index is 1090. The molecule has 34 heavy (non-hydrogen) atoms. The Hall–Kier alpha value is -2.66. The number of carbonyl (C=O) groups excluding carboxylic acids is 2. The number of hydrogen-bond acceptors (Lipinski definition) is 5. The van der Waals surface area contributed by atoms with E-state index >= 15 is 0 Å². The Morgan fingerprint density at radius 1 is 1.12 bits per heavy atom. The number of unbranched alkanes of at least 4 members (excludes halogenated alkanes) is 2. The Morgan fingerprint density at radius 2 is 1.82 bits per heavy atom. The summed E-state index contributed by atoms with van der Waals surface area (Å²) < 4.78 is 11.9. The number of carbonyl (C=O) groups is 2. The van der Waals surface area contributed by atoms with Gasteiger partial charge in [0.1, 0.15) is 16.4 Å². The van der Waals surface area contributed by atoms with Crippen LogP contribution >= 0.6 is 11.3 Å². The van der Waals surface area contributed by atoms with Gasteiger partial charge in [0.05, 0.1) is 12.0 Å². The smallest absolute Gasteiger partial charge is 0.353 e. The molecule has 1 aliphatic carbocycles. The first-order valence-corrected chi connectivity index (χ1v) is 12.9. The zero-order valence-electron chi connectivity index (χ0n) is 21.0. The van der Waals surface area contributed by atoms with Gasteiger partial charge >= 0.3 is 5.97 Å². The summed E-state index contributed by atoms with van der Waals surface area (Å²) in [7, 11) is 1.67. The van der Waals surface area contributed by atoms with E-state index in [1.165, 1.54) is 23.8 Å². The van der Waals surface area contributed by atoms with Gasteiger partial charge in [-0.15, -0.1) is 11.3 Å². The van der Waals surface area contributed by atoms with Crippen LogP contribution in [0.25, 0.3) is 0 Å². The summed E-state index contributed by atoms with van der Waals surface area (Å²) in [5.74, 6) is 1.04. The van der Waals surface area contributed by atoms with Crippen LogP contribution in [0.15, 0.2) is 48.1 Å². The number of esters is 1. The number of aryl methyl sites for hydroxylation is 1. The molecule has 0 amide bonds. The van der Waals surface area contributed by atoms with Crippen LogP contribution in [0.1, 0.15) is 96.2 Å². The van der Waals surface area contributed by atoms with Gasteiger partial charge < -0.3 is 9.47 Å². The summed E-state index contributed by atoms with van der Waals surface area (Å²) in [4.78, 5) is 25.8. The molecule has 2 atom stereocenters. The van der Waals surface area contributed by atoms with E-state index in [-0.39, 0.29) is 17.6 Å². The van der Waals surface area contributed by atoms with Crippen molar-refractivity contribution in [2.24, 2.45) is 5.92 Å². The van der Waals surface area contributed by atoms with Crippen molar-refractivity contribution < 1.29 is 19.1 Å². The molecule has 0 bridgehead atoms. The lowest BCUT2D eigenvalue weighted by Crippen LogP contribution is -2.19. The van der Waals surface area contributed by atoms with Crippen LogP contribution in [0.3, 0.4) is 0 Å². The van der Waals surface area contributed by atoms with Crippen molar-refractivity contribution in [2.45, 2.75) is 72.1 Å². The zero-order chi connectivity index (χ0) is 24.8. The van der Waals surface area contributed by atoms with Gasteiger partial charge in [0.15, 0.2) is 5.78 Å². The maximum absolute atomic E-state index is 13.1. The second-order valence-electron chi connectivity index (χ2n) is 9.31. The lowest BCUT2D eigenvalue weighted by Gasteiger charge is -2.32. The minimum Gasteiger partial charge on any atom is -0.496 e. The van der Waals surface area contributed by atoms with Crippen LogP contribution in [0.4, 0.5) is 0 Å². The Morgan fingerprint density at radius 3 is 2.44 bits per heavy atom. The third kappa shape index (κ3) is 6.06. The minimum absolute atomic E-state index is 0.0183. The molecule has 0 N–H and O–H groups in total. The van der Waals surface area contributed by atoms with Crippen molar-refractivity contribution in [1.82, 2.24) is 0 Å². The number of rotatable bonds is 10. The summed E-state index contributed by atoms with van der Waals surface area (Å²) in [6.07, 6.45) is 8.55. The fourth-order valence-electron chi connectivity index (χ4n) is 4.65. The average molecular weight is 481 g/mol.